The van der Waals surface area contributed by atoms with E-state index in [0.29, 0.717) is 0 Å². The van der Waals surface area contributed by atoms with Gasteiger partial charge in [-0.25, -0.2) is 4.98 Å². The minimum absolute atomic E-state index is 0.254. The van der Waals surface area contributed by atoms with Crippen molar-refractivity contribution in [1.82, 2.24) is 4.98 Å². The molecule has 0 aliphatic heterocycles. The summed E-state index contributed by atoms with van der Waals surface area (Å²) in [5.41, 5.74) is 34.8. The Labute approximate surface area is 514 Å². The second-order valence-electron chi connectivity index (χ2n) is 26.7. The molecular formula is C85H54N2O2. The van der Waals surface area contributed by atoms with E-state index in [1.807, 2.05) is 12.3 Å². The number of anilines is 3. The van der Waals surface area contributed by atoms with Crippen molar-refractivity contribution in [1.29, 1.82) is 0 Å². The summed E-state index contributed by atoms with van der Waals surface area (Å²) in [6, 6.07) is 93.7. The average molecular weight is 1140 g/mol. The molecule has 416 valence electrons. The van der Waals surface area contributed by atoms with Crippen LogP contribution in [0.1, 0.15) is 94.5 Å². The van der Waals surface area contributed by atoms with E-state index in [2.05, 4.69) is 275 Å². The Morgan fingerprint density at radius 2 is 0.764 bits per heavy atom. The molecule has 0 saturated heterocycles. The molecule has 2 spiro atoms. The van der Waals surface area contributed by atoms with E-state index >= 15 is 0 Å². The number of para-hydroxylation sites is 2. The zero-order valence-corrected chi connectivity index (χ0v) is 49.5. The van der Waals surface area contributed by atoms with Crippen molar-refractivity contribution in [3.8, 4) is 66.8 Å². The van der Waals surface area contributed by atoms with Crippen LogP contribution in [0.5, 0.6) is 0 Å². The van der Waals surface area contributed by atoms with Crippen LogP contribution < -0.4 is 4.90 Å². The topological polar surface area (TPSA) is 42.4 Å². The number of furan rings is 2. The van der Waals surface area contributed by atoms with Gasteiger partial charge >= 0.3 is 0 Å². The molecule has 3 aromatic heterocycles. The van der Waals surface area contributed by atoms with Crippen LogP contribution in [-0.2, 0) is 21.7 Å². The highest BCUT2D eigenvalue weighted by atomic mass is 16.3. The van der Waals surface area contributed by atoms with Crippen molar-refractivity contribution < 1.29 is 8.83 Å². The van der Waals surface area contributed by atoms with Crippen LogP contribution in [-0.4, -0.2) is 4.98 Å². The normalized spacial score (nSPS) is 15.8. The fourth-order valence-corrected chi connectivity index (χ4v) is 18.8. The van der Waals surface area contributed by atoms with Gasteiger partial charge in [-0.05, 0) is 195 Å². The van der Waals surface area contributed by atoms with Crippen LogP contribution in [0.25, 0.3) is 111 Å². The van der Waals surface area contributed by atoms with Crippen molar-refractivity contribution in [3.05, 3.63) is 322 Å². The van der Waals surface area contributed by atoms with Gasteiger partial charge < -0.3 is 8.83 Å². The summed E-state index contributed by atoms with van der Waals surface area (Å²) in [4.78, 5) is 7.64. The standard InChI is InChI=1S/C85H54N2O2/c1-82(2)60-28-12-9-25-54(60)76-77-57-27-11-18-34-71(57)89-81(77)78-55-39-37-47(43-66(55)83(3,4)80(78)79(76)82)87(73-35-19-20-42-86-73)48-36-38-53-58-45-69-59(46-68(58)85(67(53)44-48)63-31-15-7-23-51(63)52-24-8-16-32-64(52)85)74-65(40-41-72-75(74)56-26-10-17-33-70(56)88-72)84(69)61-29-13-5-21-49(61)50-22-6-14-30-62(50)84/h5-46H,1-4H3. The third-order valence-electron chi connectivity index (χ3n) is 22.1. The minimum atomic E-state index is -0.684. The van der Waals surface area contributed by atoms with E-state index in [-0.39, 0.29) is 5.41 Å². The third-order valence-corrected chi connectivity index (χ3v) is 22.1. The molecule has 21 rings (SSSR count). The van der Waals surface area contributed by atoms with Gasteiger partial charge in [0.05, 0.1) is 10.8 Å². The Balaban J connectivity index is 0.829. The molecule has 0 amide bonds. The van der Waals surface area contributed by atoms with E-state index in [1.54, 1.807) is 0 Å². The highest BCUT2D eigenvalue weighted by Crippen LogP contribution is 2.70. The number of fused-ring (bicyclic) bond motifs is 36. The molecule has 6 aliphatic rings. The molecule has 4 heteroatoms. The maximum Gasteiger partial charge on any atom is 0.144 e. The third kappa shape index (κ3) is 5.52. The Morgan fingerprint density at radius 3 is 1.40 bits per heavy atom. The number of hydrogen-bond acceptors (Lipinski definition) is 4. The minimum Gasteiger partial charge on any atom is -0.456 e. The Morgan fingerprint density at radius 1 is 0.303 bits per heavy atom. The number of nitrogens with zero attached hydrogens (tertiary/aromatic N) is 2. The van der Waals surface area contributed by atoms with Gasteiger partial charge in [-0.1, -0.05) is 210 Å². The number of aromatic nitrogens is 1. The van der Waals surface area contributed by atoms with Gasteiger partial charge in [-0.15, -0.1) is 0 Å². The molecule has 4 nitrogen and oxygen atoms in total. The maximum atomic E-state index is 7.14. The summed E-state index contributed by atoms with van der Waals surface area (Å²) in [7, 11) is 0. The van der Waals surface area contributed by atoms with Gasteiger partial charge in [-0.3, -0.25) is 4.90 Å². The van der Waals surface area contributed by atoms with Crippen molar-refractivity contribution in [2.24, 2.45) is 0 Å². The predicted molar refractivity (Wildman–Crippen MR) is 361 cm³/mol. The zero-order chi connectivity index (χ0) is 58.6. The monoisotopic (exact) mass is 1130 g/mol. The lowest BCUT2D eigenvalue weighted by Gasteiger charge is -2.33. The molecule has 12 aromatic carbocycles. The van der Waals surface area contributed by atoms with Crippen LogP contribution in [0.4, 0.5) is 17.2 Å². The van der Waals surface area contributed by atoms with Gasteiger partial charge in [-0.2, -0.15) is 0 Å². The summed E-state index contributed by atoms with van der Waals surface area (Å²) in [5.74, 6) is 0.849. The largest absolute Gasteiger partial charge is 0.456 e. The van der Waals surface area contributed by atoms with Crippen molar-refractivity contribution in [2.45, 2.75) is 49.4 Å². The van der Waals surface area contributed by atoms with Gasteiger partial charge in [0.2, 0.25) is 0 Å². The lowest BCUT2D eigenvalue weighted by Crippen LogP contribution is -2.27. The molecule has 0 radical (unpaired) electrons. The molecule has 15 aromatic rings. The van der Waals surface area contributed by atoms with Gasteiger partial charge in [0, 0.05) is 55.5 Å². The summed E-state index contributed by atoms with van der Waals surface area (Å²) in [6.45, 7) is 9.73. The zero-order valence-electron chi connectivity index (χ0n) is 49.5. The van der Waals surface area contributed by atoms with E-state index in [1.165, 1.54) is 144 Å². The lowest BCUT2D eigenvalue weighted by atomic mass is 9.68. The predicted octanol–water partition coefficient (Wildman–Crippen LogP) is 21.6. The Hall–Kier alpha value is -10.8. The summed E-state index contributed by atoms with van der Waals surface area (Å²) < 4.78 is 14.0. The smallest absolute Gasteiger partial charge is 0.144 e. The van der Waals surface area contributed by atoms with Crippen LogP contribution in [0.15, 0.2) is 264 Å². The number of pyridine rings is 1. The van der Waals surface area contributed by atoms with E-state index < -0.39 is 16.2 Å². The highest BCUT2D eigenvalue weighted by molar-refractivity contribution is 6.21. The molecule has 0 bridgehead atoms. The van der Waals surface area contributed by atoms with Crippen LogP contribution in [0.3, 0.4) is 0 Å². The van der Waals surface area contributed by atoms with Crippen molar-refractivity contribution >= 4 is 61.1 Å². The summed E-state index contributed by atoms with van der Waals surface area (Å²) in [5, 5.41) is 4.68. The molecule has 0 saturated carbocycles. The fourth-order valence-electron chi connectivity index (χ4n) is 18.8. The number of rotatable bonds is 3. The molecule has 0 unspecified atom stereocenters. The fraction of sp³-hybridized carbons (Fsp3) is 0.0941. The highest BCUT2D eigenvalue weighted by Gasteiger charge is 2.57. The first-order valence-corrected chi connectivity index (χ1v) is 31.3. The molecule has 0 fully saturated rings. The Bertz CT molecular complexity index is 5680. The molecule has 0 N–H and O–H groups in total. The molecular weight excluding hydrogens is 1080 g/mol. The van der Waals surface area contributed by atoms with Gasteiger partial charge in [0.1, 0.15) is 28.1 Å². The summed E-state index contributed by atoms with van der Waals surface area (Å²) in [6.07, 6.45) is 1.93. The Kier molecular flexibility index (Phi) is 8.81. The molecule has 89 heavy (non-hydrogen) atoms. The van der Waals surface area contributed by atoms with Crippen LogP contribution in [0, 0.1) is 0 Å². The van der Waals surface area contributed by atoms with Crippen LogP contribution >= 0.6 is 0 Å². The van der Waals surface area contributed by atoms with E-state index in [9.17, 15) is 0 Å². The molecule has 6 aliphatic carbocycles. The molecule has 0 atom stereocenters. The lowest BCUT2D eigenvalue weighted by molar-refractivity contribution is 0.600. The average Bonchev–Trinajstić information content (AvgIpc) is 1.51. The van der Waals surface area contributed by atoms with Crippen molar-refractivity contribution in [3.63, 3.8) is 0 Å². The van der Waals surface area contributed by atoms with Gasteiger partial charge in [0.25, 0.3) is 0 Å². The first-order valence-electron chi connectivity index (χ1n) is 31.3. The molecule has 3 heterocycles. The quantitative estimate of drug-likeness (QED) is 0.177. The number of benzene rings is 12. The second-order valence-corrected chi connectivity index (χ2v) is 26.7. The van der Waals surface area contributed by atoms with Crippen molar-refractivity contribution in [2.75, 3.05) is 4.90 Å². The number of hydrogen-bond donors (Lipinski definition) is 0. The summed E-state index contributed by atoms with van der Waals surface area (Å²) >= 11 is 0. The van der Waals surface area contributed by atoms with Crippen LogP contribution in [0.2, 0.25) is 0 Å². The first-order chi connectivity index (χ1) is 43.7. The van der Waals surface area contributed by atoms with E-state index in [4.69, 9.17) is 13.8 Å². The van der Waals surface area contributed by atoms with E-state index in [0.717, 1.165) is 50.3 Å². The SMILES string of the molecule is CC1(C)c2cc(N(c3ccc4c(c3)C3(c5ccccc5-c5ccccc53)c3cc5c(cc3-4)C3(c4ccccc4-c4ccccc43)c3ccc4oc6ccccc6c4c3-5)c3ccccn3)ccc2-c2c1c1c(c3c2oc2ccccc23)-c2ccccc2C1(C)C. The first kappa shape index (κ1) is 48.3. The second kappa shape index (κ2) is 16.2. The van der Waals surface area contributed by atoms with Gasteiger partial charge in [0.15, 0.2) is 0 Å². The maximum absolute atomic E-state index is 7.14.